The number of halogens is 1. The van der Waals surface area contributed by atoms with E-state index in [1.165, 1.54) is 0 Å². The van der Waals surface area contributed by atoms with E-state index in [1.54, 1.807) is 0 Å². The Bertz CT molecular complexity index is 671. The first-order chi connectivity index (χ1) is 10.1. The first kappa shape index (κ1) is 14.4. The monoisotopic (exact) mass is 305 g/mol. The highest BCUT2D eigenvalue weighted by Gasteiger charge is 2.24. The molecule has 2 heterocycles. The van der Waals surface area contributed by atoms with Crippen molar-refractivity contribution < 1.29 is 4.79 Å². The fourth-order valence-corrected chi connectivity index (χ4v) is 3.11. The quantitative estimate of drug-likeness (QED) is 0.926. The zero-order valence-corrected chi connectivity index (χ0v) is 13.2. The molecule has 0 saturated carbocycles. The number of fused-ring (bicyclic) bond motifs is 1. The Labute approximate surface area is 129 Å². The average Bonchev–Trinajstić information content (AvgIpc) is 2.83. The fraction of sp³-hybridized carbons (Fsp3) is 0.438. The Hall–Kier alpha value is -1.52. The smallest absolute Gasteiger partial charge is 0.270 e. The zero-order valence-electron chi connectivity index (χ0n) is 12.4. The van der Waals surface area contributed by atoms with E-state index in [1.807, 2.05) is 30.0 Å². The highest BCUT2D eigenvalue weighted by atomic mass is 35.5. The Balaban J connectivity index is 1.87. The molecule has 1 aromatic heterocycles. The third kappa shape index (κ3) is 2.65. The Morgan fingerprint density at radius 3 is 2.67 bits per heavy atom. The van der Waals surface area contributed by atoms with Crippen LogP contribution < -0.4 is 0 Å². The maximum atomic E-state index is 12.7. The van der Waals surface area contributed by atoms with E-state index < -0.39 is 0 Å². The molecule has 0 atom stereocenters. The normalized spacial score (nSPS) is 16.6. The number of aromatic amines is 1. The molecule has 112 valence electrons. The number of H-pyrrole nitrogens is 1. The molecular weight excluding hydrogens is 286 g/mol. The van der Waals surface area contributed by atoms with E-state index in [-0.39, 0.29) is 5.91 Å². The van der Waals surface area contributed by atoms with Gasteiger partial charge in [0.25, 0.3) is 5.91 Å². The number of piperazine rings is 1. The van der Waals surface area contributed by atoms with Gasteiger partial charge in [-0.05, 0) is 37.2 Å². The molecule has 5 heteroatoms. The molecule has 3 rings (SSSR count). The number of aryl methyl sites for hydroxylation is 1. The summed E-state index contributed by atoms with van der Waals surface area (Å²) in [7, 11) is 0. The summed E-state index contributed by atoms with van der Waals surface area (Å²) in [6.45, 7) is 8.67. The van der Waals surface area contributed by atoms with Crippen LogP contribution in [0.5, 0.6) is 0 Å². The van der Waals surface area contributed by atoms with E-state index in [4.69, 9.17) is 11.6 Å². The zero-order chi connectivity index (χ0) is 15.0. The van der Waals surface area contributed by atoms with Crippen molar-refractivity contribution in [2.45, 2.75) is 13.8 Å². The molecule has 1 aromatic carbocycles. The first-order valence-corrected chi connectivity index (χ1v) is 7.77. The van der Waals surface area contributed by atoms with Gasteiger partial charge in [-0.2, -0.15) is 0 Å². The number of amides is 1. The third-order valence-electron chi connectivity index (χ3n) is 4.34. The number of nitrogens with one attached hydrogen (secondary N) is 1. The molecule has 0 aliphatic carbocycles. The molecule has 0 spiro atoms. The minimum atomic E-state index is 0.0931. The summed E-state index contributed by atoms with van der Waals surface area (Å²) in [5, 5.41) is 1.72. The lowest BCUT2D eigenvalue weighted by Crippen LogP contribution is -2.48. The molecule has 1 N–H and O–H groups in total. The number of hydrogen-bond acceptors (Lipinski definition) is 2. The number of likely N-dealkylation sites (N-methyl/N-ethyl adjacent to an activating group) is 1. The lowest BCUT2D eigenvalue weighted by atomic mass is 10.1. The summed E-state index contributed by atoms with van der Waals surface area (Å²) in [6, 6.07) is 5.68. The van der Waals surface area contributed by atoms with Gasteiger partial charge in [-0.25, -0.2) is 0 Å². The second-order valence-corrected chi connectivity index (χ2v) is 5.98. The molecule has 1 aliphatic rings. The lowest BCUT2D eigenvalue weighted by molar-refractivity contribution is 0.0638. The molecule has 0 bridgehead atoms. The van der Waals surface area contributed by atoms with Crippen LogP contribution in [0.2, 0.25) is 5.02 Å². The fourth-order valence-electron chi connectivity index (χ4n) is 2.94. The van der Waals surface area contributed by atoms with Crippen LogP contribution in [-0.4, -0.2) is 53.4 Å². The van der Waals surface area contributed by atoms with Crippen molar-refractivity contribution in [3.8, 4) is 0 Å². The molecule has 1 amide bonds. The van der Waals surface area contributed by atoms with E-state index in [0.717, 1.165) is 49.2 Å². The molecular formula is C16H20ClN3O. The summed E-state index contributed by atoms with van der Waals surface area (Å²) < 4.78 is 0. The van der Waals surface area contributed by atoms with Crippen molar-refractivity contribution in [1.82, 2.24) is 14.8 Å². The first-order valence-electron chi connectivity index (χ1n) is 7.39. The number of aromatic nitrogens is 1. The maximum absolute atomic E-state index is 12.7. The van der Waals surface area contributed by atoms with E-state index in [2.05, 4.69) is 16.8 Å². The van der Waals surface area contributed by atoms with Crippen LogP contribution in [0.25, 0.3) is 10.9 Å². The van der Waals surface area contributed by atoms with Gasteiger partial charge < -0.3 is 14.8 Å². The van der Waals surface area contributed by atoms with Gasteiger partial charge in [0.05, 0.1) is 0 Å². The van der Waals surface area contributed by atoms with Crippen molar-refractivity contribution >= 4 is 28.4 Å². The standard InChI is InChI=1S/C16H20ClN3O/c1-3-19-6-8-20(9-7-19)16(21)15-11(2)13-10-12(17)4-5-14(13)18-15/h4-5,10,18H,3,6-9H2,1-2H3. The van der Waals surface area contributed by atoms with Crippen LogP contribution in [0.3, 0.4) is 0 Å². The topological polar surface area (TPSA) is 39.3 Å². The number of rotatable bonds is 2. The van der Waals surface area contributed by atoms with Crippen molar-refractivity contribution in [2.24, 2.45) is 0 Å². The maximum Gasteiger partial charge on any atom is 0.270 e. The van der Waals surface area contributed by atoms with Crippen molar-refractivity contribution in [3.63, 3.8) is 0 Å². The number of nitrogens with zero attached hydrogens (tertiary/aromatic N) is 2. The van der Waals surface area contributed by atoms with Crippen LogP contribution in [0.15, 0.2) is 18.2 Å². The van der Waals surface area contributed by atoms with Gasteiger partial charge in [0.2, 0.25) is 0 Å². The molecule has 21 heavy (non-hydrogen) atoms. The predicted octanol–water partition coefficient (Wildman–Crippen LogP) is 2.91. The minimum Gasteiger partial charge on any atom is -0.350 e. The number of carbonyl (C=O) groups excluding carboxylic acids is 1. The molecule has 4 nitrogen and oxygen atoms in total. The summed E-state index contributed by atoms with van der Waals surface area (Å²) >= 11 is 6.05. The summed E-state index contributed by atoms with van der Waals surface area (Å²) in [5.74, 6) is 0.0931. The van der Waals surface area contributed by atoms with E-state index in [9.17, 15) is 4.79 Å². The van der Waals surface area contributed by atoms with E-state index in [0.29, 0.717) is 10.7 Å². The van der Waals surface area contributed by atoms with Crippen molar-refractivity contribution in [3.05, 3.63) is 34.5 Å². The van der Waals surface area contributed by atoms with Gasteiger partial charge >= 0.3 is 0 Å². The molecule has 1 fully saturated rings. The number of carbonyl (C=O) groups is 1. The second-order valence-electron chi connectivity index (χ2n) is 5.54. The Kier molecular flexibility index (Phi) is 3.91. The second kappa shape index (κ2) is 5.70. The largest absolute Gasteiger partial charge is 0.350 e. The van der Waals surface area contributed by atoms with Crippen LogP contribution in [0.1, 0.15) is 23.0 Å². The van der Waals surface area contributed by atoms with Gasteiger partial charge in [-0.3, -0.25) is 4.79 Å². The SMILES string of the molecule is CCN1CCN(C(=O)c2[nH]c3ccc(Cl)cc3c2C)CC1. The Morgan fingerprint density at radius 1 is 1.29 bits per heavy atom. The highest BCUT2D eigenvalue weighted by molar-refractivity contribution is 6.31. The Morgan fingerprint density at radius 2 is 2.00 bits per heavy atom. The average molecular weight is 306 g/mol. The van der Waals surface area contributed by atoms with Crippen LogP contribution in [0.4, 0.5) is 0 Å². The summed E-state index contributed by atoms with van der Waals surface area (Å²) in [4.78, 5) is 20.3. The van der Waals surface area contributed by atoms with Crippen molar-refractivity contribution in [1.29, 1.82) is 0 Å². The molecule has 0 unspecified atom stereocenters. The summed E-state index contributed by atoms with van der Waals surface area (Å²) in [6.07, 6.45) is 0. The highest BCUT2D eigenvalue weighted by Crippen LogP contribution is 2.26. The van der Waals surface area contributed by atoms with Gasteiger partial charge in [0.1, 0.15) is 5.69 Å². The van der Waals surface area contributed by atoms with Gasteiger partial charge in [-0.1, -0.05) is 18.5 Å². The third-order valence-corrected chi connectivity index (χ3v) is 4.58. The van der Waals surface area contributed by atoms with E-state index >= 15 is 0 Å². The minimum absolute atomic E-state index is 0.0931. The van der Waals surface area contributed by atoms with Crippen LogP contribution in [-0.2, 0) is 0 Å². The molecule has 0 radical (unpaired) electrons. The molecule has 1 saturated heterocycles. The van der Waals surface area contributed by atoms with Crippen LogP contribution >= 0.6 is 11.6 Å². The predicted molar refractivity (Wildman–Crippen MR) is 86.1 cm³/mol. The van der Waals surface area contributed by atoms with Gasteiger partial charge in [0.15, 0.2) is 0 Å². The van der Waals surface area contributed by atoms with Crippen LogP contribution in [0, 0.1) is 6.92 Å². The molecule has 1 aliphatic heterocycles. The van der Waals surface area contributed by atoms with Crippen molar-refractivity contribution in [2.75, 3.05) is 32.7 Å². The number of benzene rings is 1. The molecule has 2 aromatic rings. The lowest BCUT2D eigenvalue weighted by Gasteiger charge is -2.33. The van der Waals surface area contributed by atoms with Gasteiger partial charge in [-0.15, -0.1) is 0 Å². The summed E-state index contributed by atoms with van der Waals surface area (Å²) in [5.41, 5.74) is 2.64. The van der Waals surface area contributed by atoms with Gasteiger partial charge in [0, 0.05) is 42.1 Å². The number of hydrogen-bond donors (Lipinski definition) is 1.